The number of carboxylic acids is 1. The van der Waals surface area contributed by atoms with Gasteiger partial charge >= 0.3 is 12.0 Å². The maximum Gasteiger partial charge on any atom is 0.326 e. The molecule has 1 aliphatic rings. The van der Waals surface area contributed by atoms with Gasteiger partial charge in [0.25, 0.3) is 0 Å². The van der Waals surface area contributed by atoms with E-state index in [9.17, 15) is 9.59 Å². The van der Waals surface area contributed by atoms with Crippen molar-refractivity contribution in [1.29, 1.82) is 0 Å². The molecule has 0 aliphatic carbocycles. The Hall–Kier alpha value is -1.30. The Morgan fingerprint density at radius 2 is 1.88 bits per heavy atom. The van der Waals surface area contributed by atoms with Crippen LogP contribution in [0, 0.1) is 0 Å². The van der Waals surface area contributed by atoms with Crippen molar-refractivity contribution >= 4 is 12.0 Å². The van der Waals surface area contributed by atoms with E-state index in [0.29, 0.717) is 13.1 Å². The third-order valence-corrected chi connectivity index (χ3v) is 2.66. The summed E-state index contributed by atoms with van der Waals surface area (Å²) in [6.45, 7) is 1.10. The monoisotopic (exact) mass is 230 g/mol. The molecule has 1 unspecified atom stereocenters. The molecule has 0 bridgehead atoms. The van der Waals surface area contributed by atoms with Crippen LogP contribution in [0.1, 0.15) is 25.7 Å². The van der Waals surface area contributed by atoms with Crippen molar-refractivity contribution in [3.63, 3.8) is 0 Å². The molecule has 1 rings (SSSR count). The summed E-state index contributed by atoms with van der Waals surface area (Å²) in [6, 6.07) is -1.35. The van der Waals surface area contributed by atoms with Crippen LogP contribution in [0.2, 0.25) is 0 Å². The zero-order valence-corrected chi connectivity index (χ0v) is 9.19. The topological polar surface area (TPSA) is 89.9 Å². The average molecular weight is 230 g/mol. The molecular weight excluding hydrogens is 212 g/mol. The Morgan fingerprint density at radius 1 is 1.25 bits per heavy atom. The van der Waals surface area contributed by atoms with Gasteiger partial charge in [-0.05, 0) is 19.3 Å². The van der Waals surface area contributed by atoms with Gasteiger partial charge in [0, 0.05) is 26.1 Å². The molecule has 2 amide bonds. The first kappa shape index (κ1) is 12.8. The maximum atomic E-state index is 11.7. The number of nitrogens with zero attached hydrogens (tertiary/aromatic N) is 1. The Balaban J connectivity index is 2.43. The lowest BCUT2D eigenvalue weighted by atomic mass is 10.1. The Kier molecular flexibility index (Phi) is 5.04. The summed E-state index contributed by atoms with van der Waals surface area (Å²) in [4.78, 5) is 24.0. The second kappa shape index (κ2) is 6.32. The number of rotatable bonds is 4. The fourth-order valence-corrected chi connectivity index (χ4v) is 1.72. The average Bonchev–Trinajstić information content (AvgIpc) is 2.29. The predicted octanol–water partition coefficient (Wildman–Crippen LogP) is 0.0175. The first-order chi connectivity index (χ1) is 7.65. The van der Waals surface area contributed by atoms with Crippen LogP contribution >= 0.6 is 0 Å². The number of likely N-dealkylation sites (tertiary alicyclic amines) is 1. The number of carboxylic acid groups (broad SMARTS) is 1. The van der Waals surface area contributed by atoms with E-state index in [4.69, 9.17) is 10.2 Å². The van der Waals surface area contributed by atoms with Crippen molar-refractivity contribution < 1.29 is 19.8 Å². The van der Waals surface area contributed by atoms with Crippen LogP contribution in [0.25, 0.3) is 0 Å². The molecule has 6 heteroatoms. The van der Waals surface area contributed by atoms with Gasteiger partial charge in [-0.1, -0.05) is 0 Å². The summed E-state index contributed by atoms with van der Waals surface area (Å²) in [7, 11) is 0. The largest absolute Gasteiger partial charge is 0.480 e. The first-order valence-electron chi connectivity index (χ1n) is 5.54. The fraction of sp³-hybridized carbons (Fsp3) is 0.800. The van der Waals surface area contributed by atoms with Crippen molar-refractivity contribution in [1.82, 2.24) is 10.2 Å². The molecule has 1 atom stereocenters. The molecule has 92 valence electrons. The van der Waals surface area contributed by atoms with E-state index in [1.165, 1.54) is 0 Å². The number of aliphatic carboxylic acids is 1. The van der Waals surface area contributed by atoms with Crippen LogP contribution in [0.15, 0.2) is 0 Å². The lowest BCUT2D eigenvalue weighted by Gasteiger charge is -2.28. The first-order valence-corrected chi connectivity index (χ1v) is 5.54. The minimum atomic E-state index is -1.11. The summed E-state index contributed by atoms with van der Waals surface area (Å²) >= 11 is 0. The molecule has 0 radical (unpaired) electrons. The van der Waals surface area contributed by atoms with Crippen LogP contribution < -0.4 is 5.32 Å². The lowest BCUT2D eigenvalue weighted by molar-refractivity contribution is -0.139. The number of carbonyl (C=O) groups is 2. The van der Waals surface area contributed by atoms with E-state index in [2.05, 4.69) is 5.32 Å². The summed E-state index contributed by atoms with van der Waals surface area (Å²) in [6.07, 6.45) is 3.08. The molecular formula is C10H18N2O4. The van der Waals surface area contributed by atoms with Crippen molar-refractivity contribution in [2.75, 3.05) is 19.7 Å². The smallest absolute Gasteiger partial charge is 0.326 e. The van der Waals surface area contributed by atoms with Crippen molar-refractivity contribution in [3.05, 3.63) is 0 Å². The number of hydrogen-bond donors (Lipinski definition) is 3. The molecule has 16 heavy (non-hydrogen) atoms. The second-order valence-electron chi connectivity index (χ2n) is 3.90. The number of aliphatic hydroxyl groups excluding tert-OH is 1. The highest BCUT2D eigenvalue weighted by Crippen LogP contribution is 2.08. The highest BCUT2D eigenvalue weighted by atomic mass is 16.4. The zero-order valence-electron chi connectivity index (χ0n) is 9.19. The predicted molar refractivity (Wildman–Crippen MR) is 57.1 cm³/mol. The van der Waals surface area contributed by atoms with Crippen molar-refractivity contribution in [2.45, 2.75) is 31.7 Å². The molecule has 0 aromatic heterocycles. The normalized spacial score (nSPS) is 17.9. The van der Waals surface area contributed by atoms with Gasteiger partial charge < -0.3 is 20.4 Å². The van der Waals surface area contributed by atoms with Gasteiger partial charge in [0.1, 0.15) is 6.04 Å². The van der Waals surface area contributed by atoms with Gasteiger partial charge in [-0.25, -0.2) is 9.59 Å². The number of nitrogens with one attached hydrogen (secondary N) is 1. The van der Waals surface area contributed by atoms with Gasteiger partial charge in [-0.2, -0.15) is 0 Å². The van der Waals surface area contributed by atoms with Gasteiger partial charge in [-0.3, -0.25) is 0 Å². The van der Waals surface area contributed by atoms with Crippen LogP contribution in [-0.4, -0.2) is 52.9 Å². The van der Waals surface area contributed by atoms with Crippen LogP contribution in [0.3, 0.4) is 0 Å². The third kappa shape index (κ3) is 3.69. The Bertz CT molecular complexity index is 251. The van der Waals surface area contributed by atoms with E-state index in [1.54, 1.807) is 4.90 Å². The van der Waals surface area contributed by atoms with Gasteiger partial charge in [0.05, 0.1) is 0 Å². The molecule has 6 nitrogen and oxygen atoms in total. The van der Waals surface area contributed by atoms with E-state index in [1.807, 2.05) is 0 Å². The highest BCUT2D eigenvalue weighted by Gasteiger charge is 2.23. The zero-order chi connectivity index (χ0) is 12.0. The SMILES string of the molecule is O=C(O)C(CCO)NC(=O)N1CCCCC1. The van der Waals surface area contributed by atoms with E-state index in [0.717, 1.165) is 19.3 Å². The summed E-state index contributed by atoms with van der Waals surface area (Å²) in [5.74, 6) is -1.11. The van der Waals surface area contributed by atoms with Gasteiger partial charge in [0.2, 0.25) is 0 Å². The van der Waals surface area contributed by atoms with Gasteiger partial charge in [-0.15, -0.1) is 0 Å². The van der Waals surface area contributed by atoms with E-state index >= 15 is 0 Å². The minimum Gasteiger partial charge on any atom is -0.480 e. The number of piperidine rings is 1. The van der Waals surface area contributed by atoms with Crippen LogP contribution in [0.5, 0.6) is 0 Å². The molecule has 0 saturated carbocycles. The molecule has 1 aliphatic heterocycles. The standard InChI is InChI=1S/C10H18N2O4/c13-7-4-8(9(14)15)11-10(16)12-5-2-1-3-6-12/h8,13H,1-7H2,(H,11,16)(H,14,15). The summed E-state index contributed by atoms with van der Waals surface area (Å²) in [5.41, 5.74) is 0. The molecule has 3 N–H and O–H groups in total. The molecule has 0 aromatic rings. The van der Waals surface area contributed by atoms with E-state index in [-0.39, 0.29) is 19.1 Å². The highest BCUT2D eigenvalue weighted by molar-refractivity contribution is 5.82. The van der Waals surface area contributed by atoms with Crippen LogP contribution in [0.4, 0.5) is 4.79 Å². The summed E-state index contributed by atoms with van der Waals surface area (Å²) < 4.78 is 0. The number of aliphatic hydroxyl groups is 1. The molecule has 0 spiro atoms. The minimum absolute atomic E-state index is 0.0366. The fourth-order valence-electron chi connectivity index (χ4n) is 1.72. The molecule has 1 saturated heterocycles. The Labute approximate surface area is 94.2 Å². The number of hydrogen-bond acceptors (Lipinski definition) is 3. The van der Waals surface area contributed by atoms with E-state index < -0.39 is 12.0 Å². The van der Waals surface area contributed by atoms with Crippen LogP contribution in [-0.2, 0) is 4.79 Å². The summed E-state index contributed by atoms with van der Waals surface area (Å²) in [5, 5.41) is 19.9. The second-order valence-corrected chi connectivity index (χ2v) is 3.90. The van der Waals surface area contributed by atoms with Crippen molar-refractivity contribution in [2.24, 2.45) is 0 Å². The lowest BCUT2D eigenvalue weighted by Crippen LogP contribution is -2.49. The molecule has 1 heterocycles. The quantitative estimate of drug-likeness (QED) is 0.635. The van der Waals surface area contributed by atoms with Crippen molar-refractivity contribution in [3.8, 4) is 0 Å². The third-order valence-electron chi connectivity index (χ3n) is 2.66. The maximum absolute atomic E-state index is 11.7. The number of urea groups is 1. The molecule has 0 aromatic carbocycles. The number of carbonyl (C=O) groups excluding carboxylic acids is 1. The Morgan fingerprint density at radius 3 is 2.38 bits per heavy atom. The number of amides is 2. The molecule has 1 fully saturated rings. The van der Waals surface area contributed by atoms with Gasteiger partial charge in [0.15, 0.2) is 0 Å².